The Bertz CT molecular complexity index is 609. The third-order valence-electron chi connectivity index (χ3n) is 3.59. The molecule has 22 heavy (non-hydrogen) atoms. The van der Waals surface area contributed by atoms with Crippen molar-refractivity contribution in [2.24, 2.45) is 5.73 Å². The first-order chi connectivity index (χ1) is 10.4. The van der Waals surface area contributed by atoms with Crippen LogP contribution in [0, 0.1) is 0 Å². The van der Waals surface area contributed by atoms with Crippen molar-refractivity contribution in [3.63, 3.8) is 0 Å². The van der Waals surface area contributed by atoms with Gasteiger partial charge in [0.2, 0.25) is 0 Å². The van der Waals surface area contributed by atoms with Crippen molar-refractivity contribution >= 4 is 31.0 Å². The highest BCUT2D eigenvalue weighted by atomic mass is 31.2. The highest BCUT2D eigenvalue weighted by Gasteiger charge is 2.44. The van der Waals surface area contributed by atoms with Crippen molar-refractivity contribution in [2.45, 2.75) is 38.6 Å². The van der Waals surface area contributed by atoms with Gasteiger partial charge in [-0.3, -0.25) is 10.6 Å². The van der Waals surface area contributed by atoms with E-state index in [9.17, 15) is 4.89 Å². The lowest BCUT2D eigenvalue weighted by Gasteiger charge is -2.43. The van der Waals surface area contributed by atoms with E-state index in [1.807, 2.05) is 6.92 Å². The van der Waals surface area contributed by atoms with Gasteiger partial charge < -0.3 is 25.2 Å². The second-order valence-corrected chi connectivity index (χ2v) is 7.74. The van der Waals surface area contributed by atoms with E-state index >= 15 is 0 Å². The molecule has 1 aromatic rings. The van der Waals surface area contributed by atoms with Crippen LogP contribution in [0.5, 0.6) is 0 Å². The maximum absolute atomic E-state index is 10.1. The third kappa shape index (κ3) is 2.78. The number of rotatable bonds is 5. The van der Waals surface area contributed by atoms with E-state index in [-0.39, 0.29) is 6.23 Å². The zero-order chi connectivity index (χ0) is 15.9. The van der Waals surface area contributed by atoms with Gasteiger partial charge >= 0.3 is 0 Å². The van der Waals surface area contributed by atoms with Crippen LogP contribution in [-0.4, -0.2) is 46.1 Å². The van der Waals surface area contributed by atoms with Crippen LogP contribution < -0.4 is 21.7 Å². The highest BCUT2D eigenvalue weighted by molar-refractivity contribution is 7.63. The molecule has 1 saturated heterocycles. The molecule has 122 valence electrons. The van der Waals surface area contributed by atoms with Gasteiger partial charge in [0, 0.05) is 12.6 Å². The van der Waals surface area contributed by atoms with Gasteiger partial charge in [0.15, 0.2) is 24.2 Å². The molecular weight excluding hydrogens is 307 g/mol. The van der Waals surface area contributed by atoms with E-state index in [1.165, 1.54) is 6.33 Å². The number of ether oxygens (including phenoxy) is 1. The van der Waals surface area contributed by atoms with Crippen LogP contribution in [-0.2, 0) is 9.26 Å². The molecule has 0 spiro atoms. The van der Waals surface area contributed by atoms with Crippen LogP contribution in [0.4, 0.5) is 17.3 Å². The summed E-state index contributed by atoms with van der Waals surface area (Å²) in [5.41, 5.74) is 12.5. The number of nitrogens with zero attached hydrogens (tertiary/aromatic N) is 3. The van der Waals surface area contributed by atoms with Crippen molar-refractivity contribution in [3.8, 4) is 0 Å². The summed E-state index contributed by atoms with van der Waals surface area (Å²) in [6.07, 6.45) is 5.81. The highest BCUT2D eigenvalue weighted by Crippen LogP contribution is 2.47. The Morgan fingerprint density at radius 1 is 1.64 bits per heavy atom. The first-order valence-corrected chi connectivity index (χ1v) is 9.14. The number of nitrogens with two attached hydrogens (primary N) is 2. The number of anilines is 3. The molecule has 4 unspecified atom stereocenters. The molecule has 0 radical (unpaired) electrons. The molecule has 3 heterocycles. The van der Waals surface area contributed by atoms with Crippen LogP contribution in [0.2, 0.25) is 0 Å². The van der Waals surface area contributed by atoms with E-state index in [2.05, 4.69) is 21.6 Å². The van der Waals surface area contributed by atoms with Crippen molar-refractivity contribution in [2.75, 3.05) is 22.1 Å². The zero-order valence-corrected chi connectivity index (χ0v) is 13.2. The maximum Gasteiger partial charge on any atom is 0.170 e. The van der Waals surface area contributed by atoms with Crippen LogP contribution in [0.25, 0.3) is 0 Å². The molecule has 10 heteroatoms. The molecule has 2 aliphatic heterocycles. The number of hydrogen-bond donors (Lipinski definition) is 4. The molecule has 3 rings (SSSR count). The third-order valence-corrected chi connectivity index (χ3v) is 5.37. The zero-order valence-electron chi connectivity index (χ0n) is 12.3. The second kappa shape index (κ2) is 5.68. The fraction of sp³-hybridized carbons (Fsp3) is 0.583. The van der Waals surface area contributed by atoms with Crippen LogP contribution in [0.1, 0.15) is 19.8 Å². The fourth-order valence-electron chi connectivity index (χ4n) is 2.59. The number of hydrogen-bond acceptors (Lipinski definition) is 9. The largest absolute Gasteiger partial charge is 0.382 e. The van der Waals surface area contributed by atoms with Crippen molar-refractivity contribution in [1.82, 2.24) is 9.97 Å². The summed E-state index contributed by atoms with van der Waals surface area (Å²) >= 11 is 0. The first-order valence-electron chi connectivity index (χ1n) is 7.11. The van der Waals surface area contributed by atoms with Crippen LogP contribution in [0.3, 0.4) is 0 Å². The lowest BCUT2D eigenvalue weighted by Crippen LogP contribution is -2.57. The van der Waals surface area contributed by atoms with Crippen LogP contribution >= 0.6 is 7.34 Å². The summed E-state index contributed by atoms with van der Waals surface area (Å²) in [6.45, 7) is 1.97. The molecule has 2 aliphatic rings. The smallest absolute Gasteiger partial charge is 0.170 e. The van der Waals surface area contributed by atoms with Crippen LogP contribution in [0.15, 0.2) is 6.33 Å². The Morgan fingerprint density at radius 2 is 2.36 bits per heavy atom. The molecule has 9 nitrogen and oxygen atoms in total. The van der Waals surface area contributed by atoms with Gasteiger partial charge in [-0.05, 0) is 6.42 Å². The number of nitrogen functional groups attached to an aromatic ring is 1. The summed E-state index contributed by atoms with van der Waals surface area (Å²) < 4.78 is 11.2. The summed E-state index contributed by atoms with van der Waals surface area (Å²) in [7, 11) is -2.60. The molecule has 6 N–H and O–H groups in total. The van der Waals surface area contributed by atoms with E-state index in [0.29, 0.717) is 29.9 Å². The molecule has 4 atom stereocenters. The predicted molar refractivity (Wildman–Crippen MR) is 86.3 cm³/mol. The van der Waals surface area contributed by atoms with E-state index in [4.69, 9.17) is 20.7 Å². The van der Waals surface area contributed by atoms with E-state index < -0.39 is 19.9 Å². The Kier molecular flexibility index (Phi) is 4.00. The summed E-state index contributed by atoms with van der Waals surface area (Å²) in [6, 6.07) is 0. The van der Waals surface area contributed by atoms with Gasteiger partial charge in [0.25, 0.3) is 0 Å². The minimum atomic E-state index is -2.60. The van der Waals surface area contributed by atoms with Gasteiger partial charge in [0.05, 0.1) is 0 Å². The lowest BCUT2D eigenvalue weighted by atomic mass is 10.2. The van der Waals surface area contributed by atoms with Crippen molar-refractivity contribution < 1.29 is 14.2 Å². The average Bonchev–Trinajstić information content (AvgIpc) is 2.71. The summed E-state index contributed by atoms with van der Waals surface area (Å²) in [5, 5.41) is 3.03. The van der Waals surface area contributed by atoms with Gasteiger partial charge in [-0.1, -0.05) is 13.2 Å². The minimum Gasteiger partial charge on any atom is -0.382 e. The lowest BCUT2D eigenvalue weighted by molar-refractivity contribution is -0.217. The molecule has 0 aliphatic carbocycles. The van der Waals surface area contributed by atoms with Crippen molar-refractivity contribution in [3.05, 3.63) is 6.33 Å². The standard InChI is InChI=1S/C12H21N6O3P/c1-3-4-22(2,19)21-8-5-7(20-8)18-11-9(17-12(18)14)10(13)15-6-16-11/h6-8,12,17,19H,2-5,14H2,1H3,(H2,13,15,16). The van der Waals surface area contributed by atoms with Crippen molar-refractivity contribution in [1.29, 1.82) is 0 Å². The Balaban J connectivity index is 1.64. The van der Waals surface area contributed by atoms with E-state index in [0.717, 1.165) is 6.42 Å². The fourth-order valence-corrected chi connectivity index (χ4v) is 3.96. The van der Waals surface area contributed by atoms with E-state index in [1.54, 1.807) is 4.90 Å². The van der Waals surface area contributed by atoms with Gasteiger partial charge in [0.1, 0.15) is 25.6 Å². The first kappa shape index (κ1) is 15.5. The summed E-state index contributed by atoms with van der Waals surface area (Å²) in [5.74, 6) is 0.952. The average molecular weight is 328 g/mol. The summed E-state index contributed by atoms with van der Waals surface area (Å²) in [4.78, 5) is 20.0. The molecule has 0 aromatic carbocycles. The minimum absolute atomic E-state index is 0.287. The SMILES string of the molecule is C=P(O)(CCC)OC1CC(N2c3ncnc(N)c3NC2N)O1. The quantitative estimate of drug-likeness (QED) is 0.563. The van der Waals surface area contributed by atoms with Gasteiger partial charge in [-0.25, -0.2) is 9.97 Å². The Morgan fingerprint density at radius 3 is 3.05 bits per heavy atom. The van der Waals surface area contributed by atoms with Gasteiger partial charge in [-0.2, -0.15) is 0 Å². The monoisotopic (exact) mass is 328 g/mol. The maximum atomic E-state index is 10.1. The normalized spacial score (nSPS) is 29.4. The Labute approximate surface area is 128 Å². The topological polar surface area (TPSA) is 132 Å². The number of nitrogens with one attached hydrogen (secondary N) is 1. The molecule has 1 aromatic heterocycles. The Hall–Kier alpha value is -1.38. The molecule has 0 bridgehead atoms. The molecule has 0 saturated carbocycles. The van der Waals surface area contributed by atoms with Gasteiger partial charge in [-0.15, -0.1) is 0 Å². The predicted octanol–water partition coefficient (Wildman–Crippen LogP) is 0.304. The second-order valence-electron chi connectivity index (χ2n) is 5.39. The number of fused-ring (bicyclic) bond motifs is 1. The molecular formula is C12H21N6O3P. The molecule has 1 fully saturated rings. The number of aromatic nitrogens is 2. The molecule has 0 amide bonds.